The smallest absolute Gasteiger partial charge is 0.435 e. The van der Waals surface area contributed by atoms with Crippen LogP contribution in [0.3, 0.4) is 0 Å². The molecule has 0 bridgehead atoms. The molecule has 6 nitrogen and oxygen atoms in total. The van der Waals surface area contributed by atoms with Gasteiger partial charge in [0.1, 0.15) is 11.7 Å². The summed E-state index contributed by atoms with van der Waals surface area (Å²) in [5.74, 6) is 0.0312. The molecule has 3 rings (SSSR count). The zero-order valence-corrected chi connectivity index (χ0v) is 17.5. The molecule has 2 aromatic rings. The van der Waals surface area contributed by atoms with Gasteiger partial charge in [-0.2, -0.15) is 18.3 Å². The third-order valence-electron chi connectivity index (χ3n) is 4.59. The van der Waals surface area contributed by atoms with Crippen LogP contribution in [0.1, 0.15) is 44.9 Å². The molecule has 30 heavy (non-hydrogen) atoms. The highest BCUT2D eigenvalue weighted by Gasteiger charge is 2.36. The van der Waals surface area contributed by atoms with Crippen LogP contribution in [0.15, 0.2) is 30.3 Å². The Bertz CT molecular complexity index is 895. The minimum atomic E-state index is -4.58. The standard InChI is InChI=1S/C21H26F3N3O3/c1-14-6-5-7-15(12-14)27-18(13-17(25-27)21(22,23)24)29-16-8-10-26(11-9-16)19(28)30-20(2,3)4/h5-7,12-13,16H,8-11H2,1-4H3. The van der Waals surface area contributed by atoms with Crippen molar-refractivity contribution in [3.63, 3.8) is 0 Å². The first-order valence-corrected chi connectivity index (χ1v) is 9.81. The zero-order valence-electron chi connectivity index (χ0n) is 17.5. The molecule has 1 saturated heterocycles. The van der Waals surface area contributed by atoms with Crippen LogP contribution in [0.4, 0.5) is 18.0 Å². The molecule has 164 valence electrons. The molecule has 1 aromatic heterocycles. The van der Waals surface area contributed by atoms with Crippen molar-refractivity contribution < 1.29 is 27.4 Å². The van der Waals surface area contributed by atoms with Crippen molar-refractivity contribution in [2.24, 2.45) is 0 Å². The molecule has 0 N–H and O–H groups in total. The van der Waals surface area contributed by atoms with Gasteiger partial charge in [-0.1, -0.05) is 12.1 Å². The van der Waals surface area contributed by atoms with Crippen LogP contribution in [-0.4, -0.2) is 45.6 Å². The molecule has 9 heteroatoms. The number of ether oxygens (including phenoxy) is 2. The number of likely N-dealkylation sites (tertiary alicyclic amines) is 1. The Kier molecular flexibility index (Phi) is 6.01. The van der Waals surface area contributed by atoms with Gasteiger partial charge < -0.3 is 14.4 Å². The summed E-state index contributed by atoms with van der Waals surface area (Å²) in [7, 11) is 0. The number of aryl methyl sites for hydroxylation is 1. The molecule has 0 spiro atoms. The molecule has 0 saturated carbocycles. The number of carbonyl (C=O) groups is 1. The maximum Gasteiger partial charge on any atom is 0.435 e. The van der Waals surface area contributed by atoms with E-state index in [1.807, 2.05) is 13.0 Å². The maximum atomic E-state index is 13.2. The van der Waals surface area contributed by atoms with Gasteiger partial charge in [-0.05, 0) is 45.4 Å². The number of halogens is 3. The first kappa shape index (κ1) is 22.0. The van der Waals surface area contributed by atoms with E-state index in [0.29, 0.717) is 31.6 Å². The lowest BCUT2D eigenvalue weighted by molar-refractivity contribution is -0.141. The molecule has 2 heterocycles. The summed E-state index contributed by atoms with van der Waals surface area (Å²) in [6.07, 6.45) is -4.33. The minimum Gasteiger partial charge on any atom is -0.474 e. The van der Waals surface area contributed by atoms with E-state index in [2.05, 4.69) is 5.10 Å². The number of aromatic nitrogens is 2. The summed E-state index contributed by atoms with van der Waals surface area (Å²) in [5.41, 5.74) is -0.205. The van der Waals surface area contributed by atoms with Crippen LogP contribution in [-0.2, 0) is 10.9 Å². The summed E-state index contributed by atoms with van der Waals surface area (Å²) in [4.78, 5) is 13.8. The van der Waals surface area contributed by atoms with Gasteiger partial charge >= 0.3 is 12.3 Å². The Morgan fingerprint density at radius 1 is 1.13 bits per heavy atom. The molecule has 1 fully saturated rings. The van der Waals surface area contributed by atoms with E-state index in [1.54, 1.807) is 43.9 Å². The average Bonchev–Trinajstić information content (AvgIpc) is 3.05. The molecule has 1 aliphatic heterocycles. The van der Waals surface area contributed by atoms with E-state index >= 15 is 0 Å². The summed E-state index contributed by atoms with van der Waals surface area (Å²) >= 11 is 0. The van der Waals surface area contributed by atoms with E-state index < -0.39 is 23.6 Å². The van der Waals surface area contributed by atoms with E-state index in [9.17, 15) is 18.0 Å². The predicted octanol–water partition coefficient (Wildman–Crippen LogP) is 4.98. The number of rotatable bonds is 3. The lowest BCUT2D eigenvalue weighted by Crippen LogP contribution is -2.44. The fourth-order valence-electron chi connectivity index (χ4n) is 3.18. The second kappa shape index (κ2) is 8.20. The molecule has 0 atom stereocenters. The topological polar surface area (TPSA) is 56.6 Å². The third-order valence-corrected chi connectivity index (χ3v) is 4.59. The quantitative estimate of drug-likeness (QED) is 0.696. The van der Waals surface area contributed by atoms with Crippen molar-refractivity contribution in [3.05, 3.63) is 41.6 Å². The van der Waals surface area contributed by atoms with E-state index in [1.165, 1.54) is 4.68 Å². The Hall–Kier alpha value is -2.71. The van der Waals surface area contributed by atoms with Crippen LogP contribution in [0.5, 0.6) is 5.88 Å². The zero-order chi connectivity index (χ0) is 22.1. The first-order chi connectivity index (χ1) is 13.9. The molecule has 1 amide bonds. The Morgan fingerprint density at radius 2 is 1.80 bits per heavy atom. The maximum absolute atomic E-state index is 13.2. The summed E-state index contributed by atoms with van der Waals surface area (Å²) in [5, 5.41) is 3.72. The van der Waals surface area contributed by atoms with Gasteiger partial charge in [-0.15, -0.1) is 0 Å². The lowest BCUT2D eigenvalue weighted by atomic mass is 10.1. The number of benzene rings is 1. The van der Waals surface area contributed by atoms with Crippen LogP contribution < -0.4 is 4.74 Å². The van der Waals surface area contributed by atoms with Crippen molar-refractivity contribution in [2.75, 3.05) is 13.1 Å². The highest BCUT2D eigenvalue weighted by molar-refractivity contribution is 5.68. The average molecular weight is 425 g/mol. The fraction of sp³-hybridized carbons (Fsp3) is 0.524. The highest BCUT2D eigenvalue weighted by atomic mass is 19.4. The summed E-state index contributed by atoms with van der Waals surface area (Å²) in [6, 6.07) is 7.94. The van der Waals surface area contributed by atoms with Crippen molar-refractivity contribution in [2.45, 2.75) is 58.4 Å². The van der Waals surface area contributed by atoms with Crippen molar-refractivity contribution in [1.29, 1.82) is 0 Å². The predicted molar refractivity (Wildman–Crippen MR) is 105 cm³/mol. The van der Waals surface area contributed by atoms with Crippen LogP contribution >= 0.6 is 0 Å². The van der Waals surface area contributed by atoms with Gasteiger partial charge in [0.25, 0.3) is 0 Å². The second-order valence-corrected chi connectivity index (χ2v) is 8.40. The van der Waals surface area contributed by atoms with Crippen molar-refractivity contribution in [3.8, 4) is 11.6 Å². The van der Waals surface area contributed by atoms with E-state index in [-0.39, 0.29) is 12.0 Å². The number of nitrogens with zero attached hydrogens (tertiary/aromatic N) is 3. The molecule has 0 radical (unpaired) electrons. The van der Waals surface area contributed by atoms with Gasteiger partial charge in [0.05, 0.1) is 5.69 Å². The summed E-state index contributed by atoms with van der Waals surface area (Å²) in [6.45, 7) is 8.06. The van der Waals surface area contributed by atoms with Crippen LogP contribution in [0.2, 0.25) is 0 Å². The molecular weight excluding hydrogens is 399 g/mol. The number of piperidine rings is 1. The number of carbonyl (C=O) groups excluding carboxylic acids is 1. The van der Waals surface area contributed by atoms with E-state index in [0.717, 1.165) is 11.6 Å². The van der Waals surface area contributed by atoms with Gasteiger partial charge in [-0.25, -0.2) is 9.48 Å². The Balaban J connectivity index is 1.74. The molecular formula is C21H26F3N3O3. The van der Waals surface area contributed by atoms with Crippen molar-refractivity contribution in [1.82, 2.24) is 14.7 Å². The Labute approximate surface area is 173 Å². The molecule has 1 aromatic carbocycles. The Morgan fingerprint density at radius 3 is 2.37 bits per heavy atom. The SMILES string of the molecule is Cc1cccc(-n2nc(C(F)(F)F)cc2OC2CCN(C(=O)OC(C)(C)C)CC2)c1. The monoisotopic (exact) mass is 425 g/mol. The highest BCUT2D eigenvalue weighted by Crippen LogP contribution is 2.33. The number of alkyl halides is 3. The van der Waals surface area contributed by atoms with Crippen molar-refractivity contribution >= 4 is 6.09 Å². The molecule has 0 aliphatic carbocycles. The van der Waals surface area contributed by atoms with Gasteiger partial charge in [-0.3, -0.25) is 0 Å². The third kappa shape index (κ3) is 5.46. The first-order valence-electron chi connectivity index (χ1n) is 9.81. The van der Waals surface area contributed by atoms with Crippen LogP contribution in [0.25, 0.3) is 5.69 Å². The van der Waals surface area contributed by atoms with E-state index in [4.69, 9.17) is 9.47 Å². The second-order valence-electron chi connectivity index (χ2n) is 8.40. The fourth-order valence-corrected chi connectivity index (χ4v) is 3.18. The summed E-state index contributed by atoms with van der Waals surface area (Å²) < 4.78 is 52.2. The normalized spacial score (nSPS) is 15.9. The number of amides is 1. The van der Waals surface area contributed by atoms with Crippen LogP contribution in [0, 0.1) is 6.92 Å². The molecule has 0 unspecified atom stereocenters. The number of hydrogen-bond acceptors (Lipinski definition) is 4. The minimum absolute atomic E-state index is 0.0312. The van der Waals surface area contributed by atoms with Gasteiger partial charge in [0.15, 0.2) is 5.69 Å². The van der Waals surface area contributed by atoms with Gasteiger partial charge in [0.2, 0.25) is 5.88 Å². The van der Waals surface area contributed by atoms with Gasteiger partial charge in [0, 0.05) is 32.0 Å². The largest absolute Gasteiger partial charge is 0.474 e. The number of hydrogen-bond donors (Lipinski definition) is 0. The lowest BCUT2D eigenvalue weighted by Gasteiger charge is -2.33. The molecule has 1 aliphatic rings.